The molecule has 2 aromatic rings. The fourth-order valence-electron chi connectivity index (χ4n) is 1.80. The summed E-state index contributed by atoms with van der Waals surface area (Å²) >= 11 is 0. The first-order valence-corrected chi connectivity index (χ1v) is 6.33. The van der Waals surface area contributed by atoms with Crippen molar-refractivity contribution in [1.82, 2.24) is 15.0 Å². The average Bonchev–Trinajstić information content (AvgIpc) is 2.97. The van der Waals surface area contributed by atoms with E-state index in [2.05, 4.69) is 28.9 Å². The topological polar surface area (TPSA) is 75.5 Å². The highest BCUT2D eigenvalue weighted by Gasteiger charge is 2.17. The lowest BCUT2D eigenvalue weighted by atomic mass is 10.2. The van der Waals surface area contributed by atoms with Crippen LogP contribution >= 0.6 is 0 Å². The third-order valence-corrected chi connectivity index (χ3v) is 2.81. The predicted molar refractivity (Wildman–Crippen MR) is 69.2 cm³/mol. The number of aliphatic hydroxyl groups excluding tert-OH is 1. The van der Waals surface area contributed by atoms with Crippen molar-refractivity contribution in [3.05, 3.63) is 24.5 Å². The normalized spacial score (nSPS) is 13.4. The average molecular weight is 265 g/mol. The Hall–Kier alpha value is -1.66. The van der Waals surface area contributed by atoms with Crippen LogP contribution in [0.15, 0.2) is 27.5 Å². The van der Waals surface area contributed by atoms with E-state index < -0.39 is 6.10 Å². The van der Waals surface area contributed by atoms with Gasteiger partial charge in [-0.05, 0) is 26.8 Å². The Kier molecular flexibility index (Phi) is 4.34. The Morgan fingerprint density at radius 2 is 2.16 bits per heavy atom. The van der Waals surface area contributed by atoms with E-state index in [1.54, 1.807) is 25.5 Å². The van der Waals surface area contributed by atoms with Gasteiger partial charge in [-0.1, -0.05) is 5.16 Å². The van der Waals surface area contributed by atoms with E-state index in [0.717, 1.165) is 5.56 Å². The van der Waals surface area contributed by atoms with Crippen molar-refractivity contribution in [2.75, 3.05) is 6.54 Å². The minimum atomic E-state index is -0.390. The minimum Gasteiger partial charge on any atom is -0.472 e. The molecule has 0 radical (unpaired) electrons. The van der Waals surface area contributed by atoms with Crippen LogP contribution in [0, 0.1) is 0 Å². The van der Waals surface area contributed by atoms with E-state index in [0.29, 0.717) is 30.8 Å². The summed E-state index contributed by atoms with van der Waals surface area (Å²) in [5.74, 6) is 1.05. The number of rotatable bonds is 6. The van der Waals surface area contributed by atoms with Gasteiger partial charge in [0.05, 0.1) is 24.5 Å². The molecule has 0 saturated carbocycles. The molecule has 1 N–H and O–H groups in total. The van der Waals surface area contributed by atoms with Crippen LogP contribution < -0.4 is 0 Å². The van der Waals surface area contributed by atoms with Gasteiger partial charge >= 0.3 is 0 Å². The van der Waals surface area contributed by atoms with Crippen LogP contribution in [0.4, 0.5) is 0 Å². The molecule has 0 amide bonds. The fourth-order valence-corrected chi connectivity index (χ4v) is 1.80. The summed E-state index contributed by atoms with van der Waals surface area (Å²) in [6, 6.07) is 2.07. The lowest BCUT2D eigenvalue weighted by molar-refractivity contribution is 0.0943. The highest BCUT2D eigenvalue weighted by atomic mass is 16.5. The summed E-state index contributed by atoms with van der Waals surface area (Å²) in [7, 11) is 0. The fraction of sp³-hybridized carbons (Fsp3) is 0.538. The van der Waals surface area contributed by atoms with Gasteiger partial charge < -0.3 is 14.0 Å². The Morgan fingerprint density at radius 1 is 1.37 bits per heavy atom. The molecule has 1 unspecified atom stereocenters. The molecule has 6 heteroatoms. The van der Waals surface area contributed by atoms with Crippen LogP contribution in [0.1, 0.15) is 26.7 Å². The van der Waals surface area contributed by atoms with E-state index in [1.165, 1.54) is 0 Å². The quantitative estimate of drug-likeness (QED) is 0.860. The SMILES string of the molecule is CC(O)CN(Cc1nc(-c2ccoc2)no1)C(C)C. The molecule has 2 rings (SSSR count). The van der Waals surface area contributed by atoms with Crippen molar-refractivity contribution >= 4 is 0 Å². The zero-order valence-corrected chi connectivity index (χ0v) is 11.4. The maximum atomic E-state index is 9.48. The molecule has 0 spiro atoms. The van der Waals surface area contributed by atoms with Gasteiger partial charge in [0.2, 0.25) is 11.7 Å². The highest BCUT2D eigenvalue weighted by Crippen LogP contribution is 2.17. The van der Waals surface area contributed by atoms with Crippen molar-refractivity contribution in [2.45, 2.75) is 39.5 Å². The van der Waals surface area contributed by atoms with Crippen LogP contribution in [-0.4, -0.2) is 38.8 Å². The van der Waals surface area contributed by atoms with Gasteiger partial charge in [0.1, 0.15) is 6.26 Å². The molecule has 0 aliphatic heterocycles. The van der Waals surface area contributed by atoms with Crippen LogP contribution in [0.25, 0.3) is 11.4 Å². The molecule has 6 nitrogen and oxygen atoms in total. The van der Waals surface area contributed by atoms with Crippen molar-refractivity contribution in [2.24, 2.45) is 0 Å². The van der Waals surface area contributed by atoms with Crippen molar-refractivity contribution in [1.29, 1.82) is 0 Å². The van der Waals surface area contributed by atoms with Crippen molar-refractivity contribution < 1.29 is 14.0 Å². The molecular formula is C13H19N3O3. The van der Waals surface area contributed by atoms with E-state index in [-0.39, 0.29) is 0 Å². The molecule has 0 aliphatic carbocycles. The molecule has 0 aliphatic rings. The zero-order chi connectivity index (χ0) is 13.8. The molecule has 1 atom stereocenters. The van der Waals surface area contributed by atoms with Gasteiger partial charge in [-0.2, -0.15) is 4.98 Å². The van der Waals surface area contributed by atoms with Gasteiger partial charge in [0.15, 0.2) is 0 Å². The number of nitrogens with zero attached hydrogens (tertiary/aromatic N) is 3. The standard InChI is InChI=1S/C13H19N3O3/c1-9(2)16(6-10(3)17)7-12-14-13(15-19-12)11-4-5-18-8-11/h4-5,8-10,17H,6-7H2,1-3H3. The zero-order valence-electron chi connectivity index (χ0n) is 11.4. The summed E-state index contributed by atoms with van der Waals surface area (Å²) in [5, 5.41) is 13.4. The lowest BCUT2D eigenvalue weighted by Gasteiger charge is -2.25. The van der Waals surface area contributed by atoms with Gasteiger partial charge in [0.25, 0.3) is 0 Å². The van der Waals surface area contributed by atoms with Crippen LogP contribution in [0.3, 0.4) is 0 Å². The van der Waals surface area contributed by atoms with Crippen LogP contribution in [-0.2, 0) is 6.54 Å². The molecule has 19 heavy (non-hydrogen) atoms. The Morgan fingerprint density at radius 3 is 2.74 bits per heavy atom. The van der Waals surface area contributed by atoms with Crippen molar-refractivity contribution in [3.8, 4) is 11.4 Å². The van der Waals surface area contributed by atoms with Crippen molar-refractivity contribution in [3.63, 3.8) is 0 Å². The van der Waals surface area contributed by atoms with Gasteiger partial charge in [-0.25, -0.2) is 0 Å². The molecule has 2 aromatic heterocycles. The Labute approximate surface area is 112 Å². The molecule has 104 valence electrons. The molecule has 0 fully saturated rings. The summed E-state index contributed by atoms with van der Waals surface area (Å²) in [6.07, 6.45) is 2.75. The second-order valence-electron chi connectivity index (χ2n) is 4.90. The van der Waals surface area contributed by atoms with Crippen LogP contribution in [0.2, 0.25) is 0 Å². The number of aromatic nitrogens is 2. The molecule has 0 bridgehead atoms. The summed E-state index contributed by atoms with van der Waals surface area (Å²) in [6.45, 7) is 6.99. The first kappa shape index (κ1) is 13.8. The first-order chi connectivity index (χ1) is 9.06. The Balaban J connectivity index is 2.06. The maximum absolute atomic E-state index is 9.48. The summed E-state index contributed by atoms with van der Waals surface area (Å²) in [5.41, 5.74) is 0.793. The van der Waals surface area contributed by atoms with E-state index in [9.17, 15) is 5.11 Å². The molecule has 0 saturated heterocycles. The largest absolute Gasteiger partial charge is 0.472 e. The number of hydrogen-bond acceptors (Lipinski definition) is 6. The van der Waals surface area contributed by atoms with Crippen LogP contribution in [0.5, 0.6) is 0 Å². The third-order valence-electron chi connectivity index (χ3n) is 2.81. The third kappa shape index (κ3) is 3.65. The molecular weight excluding hydrogens is 246 g/mol. The summed E-state index contributed by atoms with van der Waals surface area (Å²) in [4.78, 5) is 6.40. The van der Waals surface area contributed by atoms with Gasteiger partial charge in [0, 0.05) is 12.6 Å². The van der Waals surface area contributed by atoms with E-state index in [1.807, 2.05) is 0 Å². The number of hydrogen-bond donors (Lipinski definition) is 1. The number of aliphatic hydroxyl groups is 1. The number of furan rings is 1. The lowest BCUT2D eigenvalue weighted by Crippen LogP contribution is -2.36. The smallest absolute Gasteiger partial charge is 0.241 e. The summed E-state index contributed by atoms with van der Waals surface area (Å²) < 4.78 is 10.2. The van der Waals surface area contributed by atoms with E-state index in [4.69, 9.17) is 8.94 Å². The second kappa shape index (κ2) is 5.99. The highest BCUT2D eigenvalue weighted by molar-refractivity contribution is 5.51. The van der Waals surface area contributed by atoms with Gasteiger partial charge in [-0.15, -0.1) is 0 Å². The van der Waals surface area contributed by atoms with E-state index >= 15 is 0 Å². The first-order valence-electron chi connectivity index (χ1n) is 6.33. The molecule has 0 aromatic carbocycles. The minimum absolute atomic E-state index is 0.291. The molecule has 2 heterocycles. The Bertz CT molecular complexity index is 491. The van der Waals surface area contributed by atoms with Gasteiger partial charge in [-0.3, -0.25) is 4.90 Å². The monoisotopic (exact) mass is 265 g/mol. The maximum Gasteiger partial charge on any atom is 0.241 e. The predicted octanol–water partition coefficient (Wildman–Crippen LogP) is 1.92. The second-order valence-corrected chi connectivity index (χ2v) is 4.90.